The number of nitro benzene ring substituents is 1. The minimum Gasteiger partial charge on any atom is -0.385 e. The molecule has 1 aromatic carbocycles. The van der Waals surface area contributed by atoms with Gasteiger partial charge in [0.25, 0.3) is 5.69 Å². The van der Waals surface area contributed by atoms with Crippen molar-refractivity contribution in [3.63, 3.8) is 0 Å². The Bertz CT molecular complexity index is 393. The molecule has 3 N–H and O–H groups in total. The number of anilines is 1. The lowest BCUT2D eigenvalue weighted by atomic mass is 10.2. The summed E-state index contributed by atoms with van der Waals surface area (Å²) in [5.74, 6) is -0.346. The third-order valence-corrected chi connectivity index (χ3v) is 1.99. The Balaban J connectivity index is 2.45. The van der Waals surface area contributed by atoms with Crippen molar-refractivity contribution >= 4 is 17.3 Å². The van der Waals surface area contributed by atoms with E-state index in [0.717, 1.165) is 0 Å². The summed E-state index contributed by atoms with van der Waals surface area (Å²) in [5, 5.41) is 13.5. The van der Waals surface area contributed by atoms with Crippen LogP contribution in [0.3, 0.4) is 0 Å². The van der Waals surface area contributed by atoms with Gasteiger partial charge in [0.2, 0.25) is 5.91 Å². The van der Waals surface area contributed by atoms with Gasteiger partial charge >= 0.3 is 0 Å². The molecule has 1 amide bonds. The van der Waals surface area contributed by atoms with E-state index in [4.69, 9.17) is 5.73 Å². The van der Waals surface area contributed by atoms with E-state index in [1.165, 1.54) is 12.1 Å². The predicted octanol–water partition coefficient (Wildman–Crippen LogP) is 1.27. The van der Waals surface area contributed by atoms with Crippen molar-refractivity contribution in [2.75, 3.05) is 11.9 Å². The number of nitro groups is 1. The summed E-state index contributed by atoms with van der Waals surface area (Å²) in [6, 6.07) is 6.21. The minimum absolute atomic E-state index is 0.0416. The van der Waals surface area contributed by atoms with Gasteiger partial charge in [-0.3, -0.25) is 14.9 Å². The molecular weight excluding hydrogens is 210 g/mol. The molecule has 1 rings (SSSR count). The highest BCUT2D eigenvalue weighted by atomic mass is 16.6. The Morgan fingerprint density at radius 2 is 2.25 bits per heavy atom. The summed E-state index contributed by atoms with van der Waals surface area (Å²) in [6.45, 7) is 0.560. The Labute approximate surface area is 92.6 Å². The molecule has 6 nitrogen and oxygen atoms in total. The number of carbonyl (C=O) groups is 1. The molecule has 0 aliphatic heterocycles. The molecule has 0 heterocycles. The van der Waals surface area contributed by atoms with Gasteiger partial charge in [0.05, 0.1) is 4.92 Å². The molecule has 0 spiro atoms. The Kier molecular flexibility index (Phi) is 4.26. The predicted molar refractivity (Wildman–Crippen MR) is 60.0 cm³/mol. The number of non-ortho nitro benzene ring substituents is 1. The number of benzene rings is 1. The van der Waals surface area contributed by atoms with Gasteiger partial charge in [-0.05, 0) is 12.5 Å². The smallest absolute Gasteiger partial charge is 0.271 e. The number of nitrogens with two attached hydrogens (primary N) is 1. The van der Waals surface area contributed by atoms with Crippen LogP contribution in [0.4, 0.5) is 11.4 Å². The minimum atomic E-state index is -0.450. The number of amides is 1. The van der Waals surface area contributed by atoms with Crippen LogP contribution in [0.15, 0.2) is 24.3 Å². The van der Waals surface area contributed by atoms with E-state index in [9.17, 15) is 14.9 Å². The lowest BCUT2D eigenvalue weighted by Gasteiger charge is -2.04. The molecule has 0 radical (unpaired) electrons. The number of nitrogens with one attached hydrogen (secondary N) is 1. The van der Waals surface area contributed by atoms with Crippen molar-refractivity contribution in [3.8, 4) is 0 Å². The third kappa shape index (κ3) is 3.95. The summed E-state index contributed by atoms with van der Waals surface area (Å²) in [4.78, 5) is 20.5. The molecule has 6 heteroatoms. The average molecular weight is 223 g/mol. The van der Waals surface area contributed by atoms with E-state index in [2.05, 4.69) is 5.32 Å². The summed E-state index contributed by atoms with van der Waals surface area (Å²) >= 11 is 0. The lowest BCUT2D eigenvalue weighted by molar-refractivity contribution is -0.384. The molecule has 16 heavy (non-hydrogen) atoms. The van der Waals surface area contributed by atoms with Crippen molar-refractivity contribution in [2.24, 2.45) is 5.73 Å². The van der Waals surface area contributed by atoms with Gasteiger partial charge in [-0.1, -0.05) is 6.07 Å². The van der Waals surface area contributed by atoms with Crippen molar-refractivity contribution in [3.05, 3.63) is 34.4 Å². The highest BCUT2D eigenvalue weighted by Gasteiger charge is 2.04. The maximum absolute atomic E-state index is 10.5. The number of primary amides is 1. The quantitative estimate of drug-likeness (QED) is 0.431. The van der Waals surface area contributed by atoms with Gasteiger partial charge in [0.1, 0.15) is 0 Å². The second-order valence-electron chi connectivity index (χ2n) is 3.30. The van der Waals surface area contributed by atoms with Crippen LogP contribution in [-0.2, 0) is 4.79 Å². The standard InChI is InChI=1S/C10H13N3O3/c11-10(14)5-2-6-12-8-3-1-4-9(7-8)13(15)16/h1,3-4,7,12H,2,5-6H2,(H2,11,14). The summed E-state index contributed by atoms with van der Waals surface area (Å²) in [6.07, 6.45) is 0.917. The van der Waals surface area contributed by atoms with Gasteiger partial charge < -0.3 is 11.1 Å². The largest absolute Gasteiger partial charge is 0.385 e. The molecule has 1 aromatic rings. The number of rotatable bonds is 6. The van der Waals surface area contributed by atoms with Crippen LogP contribution in [0.5, 0.6) is 0 Å². The molecule has 0 saturated carbocycles. The highest BCUT2D eigenvalue weighted by Crippen LogP contribution is 2.16. The van der Waals surface area contributed by atoms with Crippen LogP contribution in [-0.4, -0.2) is 17.4 Å². The van der Waals surface area contributed by atoms with Gasteiger partial charge in [0, 0.05) is 30.8 Å². The first kappa shape index (κ1) is 12.0. The first-order chi connectivity index (χ1) is 7.59. The molecule has 0 saturated heterocycles. The van der Waals surface area contributed by atoms with Gasteiger partial charge in [-0.25, -0.2) is 0 Å². The highest BCUT2D eigenvalue weighted by molar-refractivity contribution is 5.73. The first-order valence-corrected chi connectivity index (χ1v) is 4.86. The van der Waals surface area contributed by atoms with E-state index >= 15 is 0 Å². The number of nitrogens with zero attached hydrogens (tertiary/aromatic N) is 1. The SMILES string of the molecule is NC(=O)CCCNc1cccc([N+](=O)[O-])c1. The average Bonchev–Trinajstić information content (AvgIpc) is 2.24. The molecule has 0 aromatic heterocycles. The fraction of sp³-hybridized carbons (Fsp3) is 0.300. The van der Waals surface area contributed by atoms with Crippen molar-refractivity contribution in [1.29, 1.82) is 0 Å². The maximum Gasteiger partial charge on any atom is 0.271 e. The van der Waals surface area contributed by atoms with Crippen LogP contribution in [0.2, 0.25) is 0 Å². The summed E-state index contributed by atoms with van der Waals surface area (Å²) in [5.41, 5.74) is 5.69. The monoisotopic (exact) mass is 223 g/mol. The molecule has 0 aliphatic carbocycles. The van der Waals surface area contributed by atoms with E-state index in [1.807, 2.05) is 0 Å². The van der Waals surface area contributed by atoms with Gasteiger partial charge in [-0.2, -0.15) is 0 Å². The van der Waals surface area contributed by atoms with Crippen molar-refractivity contribution in [2.45, 2.75) is 12.8 Å². The normalized spacial score (nSPS) is 9.75. The molecule has 0 fully saturated rings. The van der Waals surface area contributed by atoms with Gasteiger partial charge in [0.15, 0.2) is 0 Å². The third-order valence-electron chi connectivity index (χ3n) is 1.99. The fourth-order valence-corrected chi connectivity index (χ4v) is 1.22. The molecule has 0 atom stereocenters. The van der Waals surface area contributed by atoms with E-state index in [0.29, 0.717) is 25.1 Å². The Morgan fingerprint density at radius 3 is 2.88 bits per heavy atom. The molecule has 0 bridgehead atoms. The number of hydrogen-bond acceptors (Lipinski definition) is 4. The van der Waals surface area contributed by atoms with E-state index in [1.54, 1.807) is 12.1 Å². The summed E-state index contributed by atoms with van der Waals surface area (Å²) in [7, 11) is 0. The lowest BCUT2D eigenvalue weighted by Crippen LogP contribution is -2.12. The van der Waals surface area contributed by atoms with Crippen molar-refractivity contribution < 1.29 is 9.72 Å². The van der Waals surface area contributed by atoms with E-state index < -0.39 is 4.92 Å². The fourth-order valence-electron chi connectivity index (χ4n) is 1.22. The second kappa shape index (κ2) is 5.69. The van der Waals surface area contributed by atoms with Crippen LogP contribution >= 0.6 is 0 Å². The topological polar surface area (TPSA) is 98.3 Å². The number of hydrogen-bond donors (Lipinski definition) is 2. The zero-order valence-corrected chi connectivity index (χ0v) is 8.68. The zero-order valence-electron chi connectivity index (χ0n) is 8.68. The maximum atomic E-state index is 10.5. The van der Waals surface area contributed by atoms with Crippen LogP contribution < -0.4 is 11.1 Å². The first-order valence-electron chi connectivity index (χ1n) is 4.86. The van der Waals surface area contributed by atoms with Crippen LogP contribution in [0.25, 0.3) is 0 Å². The van der Waals surface area contributed by atoms with Crippen LogP contribution in [0, 0.1) is 10.1 Å². The van der Waals surface area contributed by atoms with Crippen molar-refractivity contribution in [1.82, 2.24) is 0 Å². The molecular formula is C10H13N3O3. The van der Waals surface area contributed by atoms with Crippen LogP contribution in [0.1, 0.15) is 12.8 Å². The molecule has 86 valence electrons. The van der Waals surface area contributed by atoms with E-state index in [-0.39, 0.29) is 11.6 Å². The van der Waals surface area contributed by atoms with Gasteiger partial charge in [-0.15, -0.1) is 0 Å². The number of carbonyl (C=O) groups excluding carboxylic acids is 1. The molecule has 0 aliphatic rings. The molecule has 0 unspecified atom stereocenters. The Morgan fingerprint density at radius 1 is 1.50 bits per heavy atom. The summed E-state index contributed by atoms with van der Waals surface area (Å²) < 4.78 is 0. The zero-order chi connectivity index (χ0) is 12.0. The second-order valence-corrected chi connectivity index (χ2v) is 3.30. The Hall–Kier alpha value is -2.11.